The number of hydrogen-bond donors (Lipinski definition) is 0. The Hall–Kier alpha value is -1.26. The Morgan fingerprint density at radius 2 is 2.32 bits per heavy atom. The van der Waals surface area contributed by atoms with E-state index < -0.39 is 5.97 Å². The van der Waals surface area contributed by atoms with Crippen LogP contribution in [0.25, 0.3) is 0 Å². The fourth-order valence-corrected chi connectivity index (χ4v) is 2.35. The second-order valence-corrected chi connectivity index (χ2v) is 4.97. The summed E-state index contributed by atoms with van der Waals surface area (Å²) in [6, 6.07) is 5.28. The molecular weight excluding hydrogens is 289 g/mol. The molecule has 1 heterocycles. The minimum Gasteiger partial charge on any atom is -0.461 e. The van der Waals surface area contributed by atoms with Gasteiger partial charge in [0.05, 0.1) is 12.5 Å². The Labute approximate surface area is 121 Å². The molecule has 1 aliphatic heterocycles. The maximum atomic E-state index is 11.7. The van der Waals surface area contributed by atoms with E-state index in [1.807, 2.05) is 6.07 Å². The predicted molar refractivity (Wildman–Crippen MR) is 73.7 cm³/mol. The van der Waals surface area contributed by atoms with Crippen molar-refractivity contribution in [1.29, 1.82) is 0 Å². The number of nitrogens with zero attached hydrogens (tertiary/aromatic N) is 1. The fourth-order valence-electron chi connectivity index (χ4n) is 1.87. The van der Waals surface area contributed by atoms with E-state index in [4.69, 9.17) is 32.8 Å². The molecule has 1 aromatic carbocycles. The molecule has 1 atom stereocenters. The number of benzene rings is 1. The molecule has 0 saturated heterocycles. The molecule has 0 fully saturated rings. The van der Waals surface area contributed by atoms with Crippen molar-refractivity contribution in [3.63, 3.8) is 0 Å². The number of rotatable bonds is 4. The van der Waals surface area contributed by atoms with Gasteiger partial charge in [0.15, 0.2) is 5.71 Å². The molecule has 0 spiro atoms. The zero-order valence-electron chi connectivity index (χ0n) is 10.4. The number of esters is 1. The molecular formula is C13H13Cl2NO3. The van der Waals surface area contributed by atoms with Crippen molar-refractivity contribution < 1.29 is 14.4 Å². The van der Waals surface area contributed by atoms with Crippen LogP contribution in [-0.2, 0) is 20.8 Å². The van der Waals surface area contributed by atoms with Crippen LogP contribution in [0.4, 0.5) is 0 Å². The molecule has 2 rings (SSSR count). The van der Waals surface area contributed by atoms with E-state index in [-0.39, 0.29) is 5.92 Å². The summed E-state index contributed by atoms with van der Waals surface area (Å²) in [5.74, 6) is -0.576. The number of carbonyl (C=O) groups excluding carboxylic acids is 1. The molecule has 102 valence electrons. The number of hydrogen-bond acceptors (Lipinski definition) is 4. The van der Waals surface area contributed by atoms with E-state index in [0.29, 0.717) is 35.4 Å². The standard InChI is InChI=1S/C13H13Cl2NO3/c1-2-18-13(17)12-9(7-19-16-12)5-8-3-4-10(14)6-11(8)15/h3-4,6,9H,2,5,7H2,1H3. The summed E-state index contributed by atoms with van der Waals surface area (Å²) in [5.41, 5.74) is 1.21. The van der Waals surface area contributed by atoms with Gasteiger partial charge in [0.2, 0.25) is 0 Å². The topological polar surface area (TPSA) is 47.9 Å². The van der Waals surface area contributed by atoms with Crippen LogP contribution < -0.4 is 0 Å². The molecule has 1 aliphatic rings. The molecule has 0 amide bonds. The summed E-state index contributed by atoms with van der Waals surface area (Å²) in [4.78, 5) is 16.7. The molecule has 0 bridgehead atoms. The summed E-state index contributed by atoms with van der Waals surface area (Å²) < 4.78 is 4.94. The third-order valence-electron chi connectivity index (χ3n) is 2.79. The van der Waals surface area contributed by atoms with Crippen LogP contribution in [0.3, 0.4) is 0 Å². The van der Waals surface area contributed by atoms with Gasteiger partial charge in [-0.15, -0.1) is 0 Å². The Morgan fingerprint density at radius 1 is 1.53 bits per heavy atom. The highest BCUT2D eigenvalue weighted by molar-refractivity contribution is 6.38. The molecule has 1 aromatic rings. The van der Waals surface area contributed by atoms with Gasteiger partial charge in [-0.3, -0.25) is 0 Å². The largest absolute Gasteiger partial charge is 0.461 e. The quantitative estimate of drug-likeness (QED) is 0.803. The van der Waals surface area contributed by atoms with Gasteiger partial charge in [-0.2, -0.15) is 0 Å². The molecule has 4 nitrogen and oxygen atoms in total. The average Bonchev–Trinajstić information content (AvgIpc) is 2.81. The lowest BCUT2D eigenvalue weighted by Gasteiger charge is -2.11. The number of oxime groups is 1. The minimum absolute atomic E-state index is 0.141. The molecule has 0 N–H and O–H groups in total. The summed E-state index contributed by atoms with van der Waals surface area (Å²) in [7, 11) is 0. The maximum Gasteiger partial charge on any atom is 0.356 e. The lowest BCUT2D eigenvalue weighted by molar-refractivity contribution is -0.135. The highest BCUT2D eigenvalue weighted by atomic mass is 35.5. The second kappa shape index (κ2) is 6.26. The number of carbonyl (C=O) groups is 1. The highest BCUT2D eigenvalue weighted by Crippen LogP contribution is 2.25. The van der Waals surface area contributed by atoms with Crippen molar-refractivity contribution in [2.24, 2.45) is 11.1 Å². The van der Waals surface area contributed by atoms with Crippen LogP contribution in [0.2, 0.25) is 10.0 Å². The minimum atomic E-state index is -0.435. The van der Waals surface area contributed by atoms with Crippen molar-refractivity contribution in [3.05, 3.63) is 33.8 Å². The maximum absolute atomic E-state index is 11.7. The highest BCUT2D eigenvalue weighted by Gasteiger charge is 2.31. The second-order valence-electron chi connectivity index (χ2n) is 4.13. The van der Waals surface area contributed by atoms with Gasteiger partial charge in [-0.25, -0.2) is 4.79 Å². The zero-order chi connectivity index (χ0) is 13.8. The first-order valence-corrected chi connectivity index (χ1v) is 6.68. The molecule has 1 unspecified atom stereocenters. The first kappa shape index (κ1) is 14.2. The molecule has 0 aliphatic carbocycles. The first-order valence-electron chi connectivity index (χ1n) is 5.92. The van der Waals surface area contributed by atoms with Gasteiger partial charge in [-0.05, 0) is 31.0 Å². The van der Waals surface area contributed by atoms with Crippen molar-refractivity contribution in [2.45, 2.75) is 13.3 Å². The van der Waals surface area contributed by atoms with Crippen LogP contribution in [0.15, 0.2) is 23.4 Å². The van der Waals surface area contributed by atoms with E-state index in [1.54, 1.807) is 19.1 Å². The van der Waals surface area contributed by atoms with Crippen molar-refractivity contribution in [1.82, 2.24) is 0 Å². The Bertz CT molecular complexity index is 517. The molecule has 19 heavy (non-hydrogen) atoms. The van der Waals surface area contributed by atoms with Gasteiger partial charge in [-0.1, -0.05) is 34.4 Å². The molecule has 0 aromatic heterocycles. The van der Waals surface area contributed by atoms with E-state index in [0.717, 1.165) is 5.56 Å². The molecule has 0 saturated carbocycles. The van der Waals surface area contributed by atoms with Crippen LogP contribution in [0.1, 0.15) is 12.5 Å². The van der Waals surface area contributed by atoms with Gasteiger partial charge in [0, 0.05) is 10.0 Å². The van der Waals surface area contributed by atoms with E-state index in [2.05, 4.69) is 5.16 Å². The lowest BCUT2D eigenvalue weighted by atomic mass is 9.96. The van der Waals surface area contributed by atoms with E-state index >= 15 is 0 Å². The zero-order valence-corrected chi connectivity index (χ0v) is 11.9. The lowest BCUT2D eigenvalue weighted by Crippen LogP contribution is -2.26. The monoisotopic (exact) mass is 301 g/mol. The average molecular weight is 302 g/mol. The number of halogens is 2. The van der Waals surface area contributed by atoms with Crippen LogP contribution in [0.5, 0.6) is 0 Å². The fraction of sp³-hybridized carbons (Fsp3) is 0.385. The van der Waals surface area contributed by atoms with E-state index in [1.165, 1.54) is 0 Å². The van der Waals surface area contributed by atoms with Gasteiger partial charge >= 0.3 is 5.97 Å². The van der Waals surface area contributed by atoms with Crippen LogP contribution >= 0.6 is 23.2 Å². The van der Waals surface area contributed by atoms with Gasteiger partial charge in [0.25, 0.3) is 0 Å². The molecule has 6 heteroatoms. The smallest absolute Gasteiger partial charge is 0.356 e. The Balaban J connectivity index is 2.10. The summed E-state index contributed by atoms with van der Waals surface area (Å²) in [6.45, 7) is 2.42. The Kier molecular flexibility index (Phi) is 4.66. The first-order chi connectivity index (χ1) is 9.11. The molecule has 0 radical (unpaired) electrons. The number of ether oxygens (including phenoxy) is 1. The third kappa shape index (κ3) is 3.39. The van der Waals surface area contributed by atoms with Gasteiger partial charge < -0.3 is 9.57 Å². The summed E-state index contributed by atoms with van der Waals surface area (Å²) >= 11 is 12.0. The summed E-state index contributed by atoms with van der Waals surface area (Å²) in [6.07, 6.45) is 0.563. The van der Waals surface area contributed by atoms with E-state index in [9.17, 15) is 4.79 Å². The SMILES string of the molecule is CCOC(=O)C1=NOCC1Cc1ccc(Cl)cc1Cl. The van der Waals surface area contributed by atoms with Crippen molar-refractivity contribution in [2.75, 3.05) is 13.2 Å². The normalized spacial score (nSPS) is 17.8. The third-order valence-corrected chi connectivity index (χ3v) is 3.38. The Morgan fingerprint density at radius 3 is 3.00 bits per heavy atom. The van der Waals surface area contributed by atoms with Gasteiger partial charge in [0.1, 0.15) is 6.61 Å². The predicted octanol–water partition coefficient (Wildman–Crippen LogP) is 3.10. The van der Waals surface area contributed by atoms with Crippen LogP contribution in [-0.4, -0.2) is 24.9 Å². The van der Waals surface area contributed by atoms with Crippen LogP contribution in [0, 0.1) is 5.92 Å². The van der Waals surface area contributed by atoms with Crippen molar-refractivity contribution in [3.8, 4) is 0 Å². The summed E-state index contributed by atoms with van der Waals surface area (Å²) in [5, 5.41) is 4.90. The van der Waals surface area contributed by atoms with Crippen molar-refractivity contribution >= 4 is 34.9 Å².